The molecular weight excluding hydrogens is 214 g/mol. The van der Waals surface area contributed by atoms with Crippen LogP contribution in [0, 0.1) is 0 Å². The fraction of sp³-hybridized carbons (Fsp3) is 0. The van der Waals surface area contributed by atoms with Crippen molar-refractivity contribution < 1.29 is 13.0 Å². The SMILES string of the molecule is [NH]c1c(S(=O)(=O)O)ccc2ccccc12. The molecule has 0 bridgehead atoms. The van der Waals surface area contributed by atoms with E-state index >= 15 is 0 Å². The summed E-state index contributed by atoms with van der Waals surface area (Å²) in [6, 6.07) is 9.74. The number of hydrogen-bond donors (Lipinski definition) is 1. The van der Waals surface area contributed by atoms with Crippen LogP contribution in [-0.2, 0) is 10.1 Å². The highest BCUT2D eigenvalue weighted by Gasteiger charge is 2.15. The Morgan fingerprint density at radius 3 is 2.40 bits per heavy atom. The van der Waals surface area contributed by atoms with Gasteiger partial charge in [0.05, 0.1) is 5.69 Å². The third-order valence-corrected chi connectivity index (χ3v) is 3.06. The highest BCUT2D eigenvalue weighted by Crippen LogP contribution is 2.28. The summed E-state index contributed by atoms with van der Waals surface area (Å²) in [4.78, 5) is -0.360. The van der Waals surface area contributed by atoms with Gasteiger partial charge in [0.25, 0.3) is 10.1 Å². The average Bonchev–Trinajstić information content (AvgIpc) is 2.16. The van der Waals surface area contributed by atoms with E-state index in [1.807, 2.05) is 0 Å². The third-order valence-electron chi connectivity index (χ3n) is 2.17. The van der Waals surface area contributed by atoms with Gasteiger partial charge in [0.15, 0.2) is 0 Å². The van der Waals surface area contributed by atoms with Crippen LogP contribution >= 0.6 is 0 Å². The molecule has 0 unspecified atom stereocenters. The second kappa shape index (κ2) is 3.22. The third kappa shape index (κ3) is 1.67. The fourth-order valence-electron chi connectivity index (χ4n) is 1.47. The van der Waals surface area contributed by atoms with Gasteiger partial charge >= 0.3 is 0 Å². The zero-order valence-electron chi connectivity index (χ0n) is 7.64. The fourth-order valence-corrected chi connectivity index (χ4v) is 2.07. The van der Waals surface area contributed by atoms with E-state index in [0.717, 1.165) is 5.39 Å². The van der Waals surface area contributed by atoms with Crippen LogP contribution in [-0.4, -0.2) is 13.0 Å². The van der Waals surface area contributed by atoms with E-state index in [2.05, 4.69) is 0 Å². The lowest BCUT2D eigenvalue weighted by Gasteiger charge is -2.04. The van der Waals surface area contributed by atoms with E-state index in [-0.39, 0.29) is 10.6 Å². The topological polar surface area (TPSA) is 78.2 Å². The van der Waals surface area contributed by atoms with Crippen molar-refractivity contribution in [3.05, 3.63) is 36.4 Å². The van der Waals surface area contributed by atoms with Crippen LogP contribution in [0.1, 0.15) is 0 Å². The van der Waals surface area contributed by atoms with Gasteiger partial charge in [-0.2, -0.15) is 8.42 Å². The molecule has 2 aromatic rings. The van der Waals surface area contributed by atoms with Crippen LogP contribution in [0.5, 0.6) is 0 Å². The summed E-state index contributed by atoms with van der Waals surface area (Å²) < 4.78 is 30.7. The number of hydrogen-bond acceptors (Lipinski definition) is 2. The van der Waals surface area contributed by atoms with Gasteiger partial charge in [-0.25, -0.2) is 0 Å². The van der Waals surface area contributed by atoms with Crippen molar-refractivity contribution in [2.24, 2.45) is 0 Å². The van der Waals surface area contributed by atoms with E-state index < -0.39 is 10.1 Å². The maximum absolute atomic E-state index is 10.9. The molecule has 2 N–H and O–H groups in total. The summed E-state index contributed by atoms with van der Waals surface area (Å²) in [6.45, 7) is 0. The molecule has 0 aliphatic heterocycles. The Kier molecular flexibility index (Phi) is 2.13. The van der Waals surface area contributed by atoms with Gasteiger partial charge in [-0.1, -0.05) is 30.3 Å². The highest BCUT2D eigenvalue weighted by molar-refractivity contribution is 7.86. The van der Waals surface area contributed by atoms with Gasteiger partial charge in [0, 0.05) is 5.39 Å². The molecule has 0 atom stereocenters. The van der Waals surface area contributed by atoms with Crippen molar-refractivity contribution in [1.29, 1.82) is 0 Å². The van der Waals surface area contributed by atoms with Gasteiger partial charge in [-0.3, -0.25) is 10.3 Å². The van der Waals surface area contributed by atoms with E-state index in [0.29, 0.717) is 5.39 Å². The van der Waals surface area contributed by atoms with E-state index in [1.54, 1.807) is 30.3 Å². The maximum Gasteiger partial charge on any atom is 0.296 e. The molecular formula is C10H8NO3S. The largest absolute Gasteiger partial charge is 0.299 e. The summed E-state index contributed by atoms with van der Waals surface area (Å²) in [6.07, 6.45) is 0. The first-order valence-corrected chi connectivity index (χ1v) is 5.65. The minimum Gasteiger partial charge on any atom is -0.299 e. The molecule has 77 valence electrons. The molecule has 0 saturated heterocycles. The first kappa shape index (κ1) is 9.95. The summed E-state index contributed by atoms with van der Waals surface area (Å²) in [5.74, 6) is 0. The monoisotopic (exact) mass is 222 g/mol. The molecule has 0 amide bonds. The molecule has 0 aliphatic rings. The molecule has 15 heavy (non-hydrogen) atoms. The lowest BCUT2D eigenvalue weighted by Crippen LogP contribution is -1.99. The van der Waals surface area contributed by atoms with Crippen molar-refractivity contribution >= 4 is 26.6 Å². The second-order valence-corrected chi connectivity index (χ2v) is 4.52. The quantitative estimate of drug-likeness (QED) is 0.749. The van der Waals surface area contributed by atoms with Gasteiger partial charge < -0.3 is 0 Å². The standard InChI is InChI=1S/C10H8NO3S/c11-10-8-4-2-1-3-7(8)5-6-9(10)15(12,13)14/h1-6,11H,(H,12,13,14). The van der Waals surface area contributed by atoms with Crippen molar-refractivity contribution in [3.63, 3.8) is 0 Å². The zero-order valence-corrected chi connectivity index (χ0v) is 8.45. The molecule has 0 saturated carbocycles. The second-order valence-electron chi connectivity index (χ2n) is 3.13. The Morgan fingerprint density at radius 1 is 1.07 bits per heavy atom. The minimum atomic E-state index is -4.31. The van der Waals surface area contributed by atoms with Gasteiger partial charge in [-0.05, 0) is 11.5 Å². The van der Waals surface area contributed by atoms with Crippen molar-refractivity contribution in [2.45, 2.75) is 4.90 Å². The number of benzene rings is 2. The average molecular weight is 222 g/mol. The van der Waals surface area contributed by atoms with Crippen LogP contribution in [0.2, 0.25) is 0 Å². The van der Waals surface area contributed by atoms with Gasteiger partial charge in [-0.15, -0.1) is 0 Å². The number of nitrogens with one attached hydrogen (secondary N) is 1. The lowest BCUT2D eigenvalue weighted by atomic mass is 10.1. The summed E-state index contributed by atoms with van der Waals surface area (Å²) in [5.41, 5.74) is 7.49. The zero-order chi connectivity index (χ0) is 11.1. The predicted molar refractivity (Wildman–Crippen MR) is 56.5 cm³/mol. The molecule has 0 aromatic heterocycles. The van der Waals surface area contributed by atoms with Crippen molar-refractivity contribution in [3.8, 4) is 0 Å². The molecule has 0 spiro atoms. The molecule has 0 heterocycles. The minimum absolute atomic E-state index is 0.171. The number of rotatable bonds is 1. The van der Waals surface area contributed by atoms with Crippen LogP contribution in [0.3, 0.4) is 0 Å². The predicted octanol–water partition coefficient (Wildman–Crippen LogP) is 2.00. The first-order chi connectivity index (χ1) is 7.00. The molecule has 0 fully saturated rings. The molecule has 2 rings (SSSR count). The normalized spacial score (nSPS) is 11.8. The highest BCUT2D eigenvalue weighted by atomic mass is 32.2. The van der Waals surface area contributed by atoms with Crippen LogP contribution in [0.25, 0.3) is 10.8 Å². The first-order valence-electron chi connectivity index (χ1n) is 4.21. The Hall–Kier alpha value is -1.59. The van der Waals surface area contributed by atoms with Crippen LogP contribution < -0.4 is 5.73 Å². The van der Waals surface area contributed by atoms with Crippen molar-refractivity contribution in [1.82, 2.24) is 5.73 Å². The smallest absolute Gasteiger partial charge is 0.296 e. The Balaban J connectivity index is 2.88. The molecule has 4 nitrogen and oxygen atoms in total. The van der Waals surface area contributed by atoms with E-state index in [1.165, 1.54) is 6.07 Å². The Morgan fingerprint density at radius 2 is 1.73 bits per heavy atom. The molecule has 0 aliphatic carbocycles. The van der Waals surface area contributed by atoms with Gasteiger partial charge in [0.1, 0.15) is 4.90 Å². The molecule has 2 aromatic carbocycles. The molecule has 1 radical (unpaired) electrons. The van der Waals surface area contributed by atoms with Crippen LogP contribution in [0.15, 0.2) is 41.3 Å². The Bertz CT molecular complexity index is 620. The number of fused-ring (bicyclic) bond motifs is 1. The lowest BCUT2D eigenvalue weighted by molar-refractivity contribution is 0.483. The van der Waals surface area contributed by atoms with E-state index in [4.69, 9.17) is 10.3 Å². The van der Waals surface area contributed by atoms with Crippen LogP contribution in [0.4, 0.5) is 5.69 Å². The van der Waals surface area contributed by atoms with E-state index in [9.17, 15) is 8.42 Å². The summed E-state index contributed by atoms with van der Waals surface area (Å²) in [5, 5.41) is 1.28. The maximum atomic E-state index is 10.9. The molecule has 5 heteroatoms. The summed E-state index contributed by atoms with van der Waals surface area (Å²) in [7, 11) is -4.31. The van der Waals surface area contributed by atoms with Crippen molar-refractivity contribution in [2.75, 3.05) is 0 Å². The van der Waals surface area contributed by atoms with Gasteiger partial charge in [0.2, 0.25) is 0 Å². The summed E-state index contributed by atoms with van der Waals surface area (Å²) >= 11 is 0. The Labute approximate surface area is 87.1 Å².